The van der Waals surface area contributed by atoms with Gasteiger partial charge in [-0.1, -0.05) is 196 Å². The van der Waals surface area contributed by atoms with Gasteiger partial charge < -0.3 is 4.90 Å². The fourth-order valence-corrected chi connectivity index (χ4v) is 12.1. The van der Waals surface area contributed by atoms with Crippen molar-refractivity contribution in [3.05, 3.63) is 246 Å². The van der Waals surface area contributed by atoms with E-state index < -0.39 is 0 Å². The predicted octanol–water partition coefficient (Wildman–Crippen LogP) is 16.4. The van der Waals surface area contributed by atoms with E-state index in [1.54, 1.807) is 0 Å². The van der Waals surface area contributed by atoms with Gasteiger partial charge in [-0.3, -0.25) is 0 Å². The molecule has 0 N–H and O–H groups in total. The monoisotopic (exact) mass is 803 g/mol. The van der Waals surface area contributed by atoms with Crippen molar-refractivity contribution in [2.24, 2.45) is 0 Å². The summed E-state index contributed by atoms with van der Waals surface area (Å²) < 4.78 is 0. The molecule has 298 valence electrons. The van der Waals surface area contributed by atoms with E-state index in [1.807, 2.05) is 0 Å². The van der Waals surface area contributed by atoms with Crippen molar-refractivity contribution >= 4 is 38.6 Å². The van der Waals surface area contributed by atoms with Crippen LogP contribution in [0.15, 0.2) is 212 Å². The number of fused-ring (bicyclic) bond motifs is 13. The minimum absolute atomic E-state index is 0.171. The Morgan fingerprint density at radius 3 is 1.78 bits per heavy atom. The highest BCUT2D eigenvalue weighted by atomic mass is 15.1. The highest BCUT2D eigenvalue weighted by Gasteiger charge is 2.48. The molecule has 0 saturated heterocycles. The average molecular weight is 804 g/mol. The van der Waals surface area contributed by atoms with Crippen LogP contribution in [-0.4, -0.2) is 0 Å². The molecular formula is C62H45N. The first-order chi connectivity index (χ1) is 31.0. The number of aryl methyl sites for hydroxylation is 1. The summed E-state index contributed by atoms with van der Waals surface area (Å²) in [6.45, 7) is 4.80. The first-order valence-electron chi connectivity index (χ1n) is 22.5. The standard InChI is InChI=1S/C62H45N/c1-61(2)55-26-11-6-21-49(55)52-23-15-24-53(60(52)61)51-22-9-14-29-59(51)63(58-28-13-8-19-47(58)43-32-34-46-42(38-43)31-30-40-16-3-5-18-45(40)46)44-33-35-50-48-20-7-12-27-56(48)62(57(50)39-44)37-36-41-17-4-10-25-54(41)62/h3-35,38-39H,36-37H2,1-2H3. The maximum Gasteiger partial charge on any atom is 0.0540 e. The molecule has 0 fully saturated rings. The van der Waals surface area contributed by atoms with Gasteiger partial charge in [0.05, 0.1) is 11.4 Å². The largest absolute Gasteiger partial charge is 0.309 e. The summed E-state index contributed by atoms with van der Waals surface area (Å²) >= 11 is 0. The van der Waals surface area contributed by atoms with Gasteiger partial charge in [-0.25, -0.2) is 0 Å². The number of benzene rings is 10. The van der Waals surface area contributed by atoms with Crippen LogP contribution in [0.1, 0.15) is 53.6 Å². The van der Waals surface area contributed by atoms with Gasteiger partial charge in [0, 0.05) is 27.6 Å². The van der Waals surface area contributed by atoms with Gasteiger partial charge in [0.15, 0.2) is 0 Å². The maximum atomic E-state index is 2.57. The van der Waals surface area contributed by atoms with Crippen LogP contribution in [0.5, 0.6) is 0 Å². The van der Waals surface area contributed by atoms with Crippen molar-refractivity contribution in [3.8, 4) is 44.5 Å². The Morgan fingerprint density at radius 2 is 0.952 bits per heavy atom. The molecule has 63 heavy (non-hydrogen) atoms. The van der Waals surface area contributed by atoms with Crippen LogP contribution >= 0.6 is 0 Å². The third-order valence-electron chi connectivity index (χ3n) is 14.9. The first kappa shape index (κ1) is 36.2. The lowest BCUT2D eigenvalue weighted by Crippen LogP contribution is -2.24. The average Bonchev–Trinajstić information content (AvgIpc) is 3.95. The summed E-state index contributed by atoms with van der Waals surface area (Å²) in [5.41, 5.74) is 21.9. The van der Waals surface area contributed by atoms with E-state index in [0.717, 1.165) is 29.9 Å². The third kappa shape index (κ3) is 5.11. The van der Waals surface area contributed by atoms with E-state index in [-0.39, 0.29) is 10.8 Å². The molecule has 0 aliphatic heterocycles. The lowest BCUT2D eigenvalue weighted by Gasteiger charge is -2.33. The van der Waals surface area contributed by atoms with Crippen LogP contribution in [-0.2, 0) is 17.3 Å². The third-order valence-corrected chi connectivity index (χ3v) is 14.9. The summed E-state index contributed by atoms with van der Waals surface area (Å²) in [6.07, 6.45) is 2.13. The second-order valence-electron chi connectivity index (χ2n) is 18.3. The van der Waals surface area contributed by atoms with Crippen LogP contribution < -0.4 is 4.90 Å². The molecule has 13 rings (SSSR count). The molecule has 0 radical (unpaired) electrons. The van der Waals surface area contributed by atoms with Gasteiger partial charge >= 0.3 is 0 Å². The molecule has 1 nitrogen and oxygen atoms in total. The lowest BCUT2D eigenvalue weighted by atomic mass is 9.73. The lowest BCUT2D eigenvalue weighted by molar-refractivity contribution is 0.626. The molecule has 1 spiro atoms. The minimum Gasteiger partial charge on any atom is -0.309 e. The molecule has 0 aromatic heterocycles. The maximum absolute atomic E-state index is 2.57. The molecule has 10 aromatic carbocycles. The van der Waals surface area contributed by atoms with E-state index in [9.17, 15) is 0 Å². The molecule has 10 aromatic rings. The van der Waals surface area contributed by atoms with Crippen molar-refractivity contribution in [3.63, 3.8) is 0 Å². The van der Waals surface area contributed by atoms with Crippen molar-refractivity contribution in [1.29, 1.82) is 0 Å². The minimum atomic E-state index is -0.208. The van der Waals surface area contributed by atoms with E-state index in [4.69, 9.17) is 0 Å². The predicted molar refractivity (Wildman–Crippen MR) is 265 cm³/mol. The second kappa shape index (κ2) is 13.5. The van der Waals surface area contributed by atoms with Crippen LogP contribution in [0, 0.1) is 0 Å². The second-order valence-corrected chi connectivity index (χ2v) is 18.3. The van der Waals surface area contributed by atoms with Crippen molar-refractivity contribution in [1.82, 2.24) is 0 Å². The first-order valence-corrected chi connectivity index (χ1v) is 22.5. The molecule has 1 atom stereocenters. The Hall–Kier alpha value is -7.48. The number of hydrogen-bond donors (Lipinski definition) is 0. The Balaban J connectivity index is 1.07. The number of para-hydroxylation sites is 2. The Bertz CT molecular complexity index is 3510. The van der Waals surface area contributed by atoms with Crippen LogP contribution in [0.25, 0.3) is 66.1 Å². The van der Waals surface area contributed by atoms with Gasteiger partial charge in [0.25, 0.3) is 0 Å². The molecule has 3 aliphatic rings. The Labute approximate surface area is 369 Å². The number of anilines is 3. The Morgan fingerprint density at radius 1 is 0.381 bits per heavy atom. The normalized spacial score (nSPS) is 16.2. The van der Waals surface area contributed by atoms with Crippen molar-refractivity contribution in [2.75, 3.05) is 4.90 Å². The van der Waals surface area contributed by atoms with E-state index >= 15 is 0 Å². The number of rotatable bonds is 5. The van der Waals surface area contributed by atoms with Gasteiger partial charge in [-0.15, -0.1) is 0 Å². The van der Waals surface area contributed by atoms with Gasteiger partial charge in [0.2, 0.25) is 0 Å². The van der Waals surface area contributed by atoms with Gasteiger partial charge in [0.1, 0.15) is 0 Å². The number of nitrogens with zero attached hydrogens (tertiary/aromatic N) is 1. The molecule has 3 aliphatic carbocycles. The van der Waals surface area contributed by atoms with Crippen molar-refractivity contribution in [2.45, 2.75) is 37.5 Å². The van der Waals surface area contributed by atoms with Crippen LogP contribution in [0.4, 0.5) is 17.1 Å². The van der Waals surface area contributed by atoms with E-state index in [1.165, 1.54) is 99.4 Å². The number of hydrogen-bond acceptors (Lipinski definition) is 1. The molecule has 0 heterocycles. The zero-order valence-electron chi connectivity index (χ0n) is 35.6. The summed E-state index contributed by atoms with van der Waals surface area (Å²) in [5.74, 6) is 0. The Kier molecular flexibility index (Phi) is 7.76. The molecule has 0 amide bonds. The molecule has 0 saturated carbocycles. The van der Waals surface area contributed by atoms with Crippen molar-refractivity contribution < 1.29 is 0 Å². The SMILES string of the molecule is CC1(C)c2ccccc2-c2cccc(-c3ccccc3N(c3ccc4c(c3)C3(CCc5ccccc53)c3ccccc3-4)c3ccccc3-c3ccc4c(ccc5ccccc54)c3)c21. The topological polar surface area (TPSA) is 3.24 Å². The summed E-state index contributed by atoms with van der Waals surface area (Å²) in [5, 5.41) is 5.07. The highest BCUT2D eigenvalue weighted by Crippen LogP contribution is 2.60. The summed E-state index contributed by atoms with van der Waals surface area (Å²) in [7, 11) is 0. The van der Waals surface area contributed by atoms with E-state index in [2.05, 4.69) is 231 Å². The fraction of sp³-hybridized carbons (Fsp3) is 0.0968. The zero-order valence-corrected chi connectivity index (χ0v) is 35.6. The molecular weight excluding hydrogens is 759 g/mol. The quantitative estimate of drug-likeness (QED) is 0.157. The highest BCUT2D eigenvalue weighted by molar-refractivity contribution is 6.09. The smallest absolute Gasteiger partial charge is 0.0540 e. The molecule has 1 unspecified atom stereocenters. The molecule has 0 bridgehead atoms. The summed E-state index contributed by atoms with van der Waals surface area (Å²) in [4.78, 5) is 2.57. The van der Waals surface area contributed by atoms with E-state index in [0.29, 0.717) is 0 Å². The fourth-order valence-electron chi connectivity index (χ4n) is 12.1. The molecule has 1 heteroatoms. The zero-order chi connectivity index (χ0) is 41.9. The van der Waals surface area contributed by atoms with Crippen LogP contribution in [0.3, 0.4) is 0 Å². The summed E-state index contributed by atoms with van der Waals surface area (Å²) in [6, 6.07) is 80.1. The van der Waals surface area contributed by atoms with Gasteiger partial charge in [-0.2, -0.15) is 0 Å². The van der Waals surface area contributed by atoms with Gasteiger partial charge in [-0.05, 0) is 131 Å². The van der Waals surface area contributed by atoms with Crippen LogP contribution in [0.2, 0.25) is 0 Å².